The molecule has 0 amide bonds. The quantitative estimate of drug-likeness (QED) is 0.516. The molecule has 176 valence electrons. The summed E-state index contributed by atoms with van der Waals surface area (Å²) in [5.74, 6) is 1.22. The van der Waals surface area contributed by atoms with E-state index in [-0.39, 0.29) is 16.6 Å². The first-order chi connectivity index (χ1) is 16.6. The summed E-state index contributed by atoms with van der Waals surface area (Å²) < 4.78 is 7.49. The summed E-state index contributed by atoms with van der Waals surface area (Å²) in [5.41, 5.74) is 4.94. The fourth-order valence-electron chi connectivity index (χ4n) is 9.27. The number of pyridine rings is 1. The van der Waals surface area contributed by atoms with E-state index in [2.05, 4.69) is 53.2 Å². The van der Waals surface area contributed by atoms with E-state index in [4.69, 9.17) is 4.74 Å². The van der Waals surface area contributed by atoms with Crippen LogP contribution >= 0.6 is 0 Å². The van der Waals surface area contributed by atoms with Crippen molar-refractivity contribution in [2.45, 2.75) is 87.9 Å². The number of benzene rings is 1. The number of rotatable bonds is 2. The molecule has 2 spiro atoms. The molecule has 3 aliphatic carbocycles. The zero-order chi connectivity index (χ0) is 22.5. The van der Waals surface area contributed by atoms with E-state index in [1.165, 1.54) is 87.2 Å². The molecule has 2 saturated carbocycles. The molecule has 4 heterocycles. The summed E-state index contributed by atoms with van der Waals surface area (Å²) >= 11 is 0. The maximum Gasteiger partial charge on any atom is 0.0974 e. The zero-order valence-electron chi connectivity index (χ0n) is 20.4. The summed E-state index contributed by atoms with van der Waals surface area (Å²) in [6.07, 6.45) is 20.6. The smallest absolute Gasteiger partial charge is 0.0974 e. The van der Waals surface area contributed by atoms with Gasteiger partial charge in [0.2, 0.25) is 0 Å². The summed E-state index contributed by atoms with van der Waals surface area (Å²) in [6.45, 7) is 5.20. The van der Waals surface area contributed by atoms with Gasteiger partial charge in [0.1, 0.15) is 0 Å². The maximum atomic E-state index is 7.49. The number of nitrogens with zero attached hydrogens (tertiary/aromatic N) is 2. The molecule has 1 aromatic carbocycles. The second-order valence-corrected chi connectivity index (χ2v) is 12.5. The van der Waals surface area contributed by atoms with E-state index in [9.17, 15) is 0 Å². The monoisotopic (exact) mass is 452 g/mol. The fraction of sp³-hybridized carbons (Fsp3) is 0.581. The molecular weight excluding hydrogens is 416 g/mol. The van der Waals surface area contributed by atoms with Gasteiger partial charge >= 0.3 is 0 Å². The lowest BCUT2D eigenvalue weighted by Crippen LogP contribution is -2.56. The van der Waals surface area contributed by atoms with Crippen LogP contribution in [0, 0.1) is 11.3 Å². The summed E-state index contributed by atoms with van der Waals surface area (Å²) in [5, 5.41) is 2.57. The van der Waals surface area contributed by atoms with E-state index in [0.717, 1.165) is 6.04 Å². The molecule has 2 unspecified atom stereocenters. The van der Waals surface area contributed by atoms with E-state index in [0.29, 0.717) is 11.8 Å². The highest BCUT2D eigenvalue weighted by Gasteiger charge is 2.66. The van der Waals surface area contributed by atoms with Crippen LogP contribution in [0.25, 0.3) is 10.8 Å². The van der Waals surface area contributed by atoms with Gasteiger partial charge in [0.25, 0.3) is 0 Å². The van der Waals surface area contributed by atoms with Gasteiger partial charge < -0.3 is 9.64 Å². The van der Waals surface area contributed by atoms with Crippen molar-refractivity contribution in [3.8, 4) is 0 Å². The highest BCUT2D eigenvalue weighted by atomic mass is 16.5. The third kappa shape index (κ3) is 2.53. The minimum absolute atomic E-state index is 0.0286. The van der Waals surface area contributed by atoms with Crippen LogP contribution in [0.2, 0.25) is 0 Å². The van der Waals surface area contributed by atoms with Crippen molar-refractivity contribution in [1.29, 1.82) is 0 Å². The number of fused-ring (bicyclic) bond motifs is 2. The summed E-state index contributed by atoms with van der Waals surface area (Å²) in [4.78, 5) is 7.12. The Morgan fingerprint density at radius 3 is 2.88 bits per heavy atom. The van der Waals surface area contributed by atoms with E-state index in [1.807, 2.05) is 12.4 Å². The molecular formula is C31H36N2O. The Balaban J connectivity index is 1.16. The topological polar surface area (TPSA) is 25.4 Å². The summed E-state index contributed by atoms with van der Waals surface area (Å²) in [6, 6.07) is 9.99. The Morgan fingerprint density at radius 1 is 1.06 bits per heavy atom. The predicted molar refractivity (Wildman–Crippen MR) is 136 cm³/mol. The Bertz CT molecular complexity index is 1240. The van der Waals surface area contributed by atoms with E-state index in [1.54, 1.807) is 11.1 Å². The molecule has 6 atom stereocenters. The second-order valence-electron chi connectivity index (χ2n) is 12.5. The van der Waals surface area contributed by atoms with Crippen molar-refractivity contribution in [2.75, 3.05) is 13.1 Å². The van der Waals surface area contributed by atoms with Gasteiger partial charge in [-0.05, 0) is 122 Å². The third-order valence-electron chi connectivity index (χ3n) is 11.1. The Kier molecular flexibility index (Phi) is 4.06. The van der Waals surface area contributed by atoms with Crippen molar-refractivity contribution in [3.63, 3.8) is 0 Å². The molecule has 8 rings (SSSR count). The minimum Gasteiger partial charge on any atom is -0.359 e. The van der Waals surface area contributed by atoms with Crippen LogP contribution in [0.3, 0.4) is 0 Å². The van der Waals surface area contributed by atoms with Gasteiger partial charge in [-0.2, -0.15) is 0 Å². The first-order valence-corrected chi connectivity index (χ1v) is 13.8. The fourth-order valence-corrected chi connectivity index (χ4v) is 9.27. The molecule has 2 saturated heterocycles. The lowest BCUT2D eigenvalue weighted by atomic mass is 9.58. The molecule has 34 heavy (non-hydrogen) atoms. The Hall–Kier alpha value is -1.97. The third-order valence-corrected chi connectivity index (χ3v) is 11.1. The molecule has 1 aromatic heterocycles. The van der Waals surface area contributed by atoms with Crippen molar-refractivity contribution in [1.82, 2.24) is 9.88 Å². The first-order valence-electron chi connectivity index (χ1n) is 13.8. The van der Waals surface area contributed by atoms with Crippen LogP contribution in [0.4, 0.5) is 0 Å². The predicted octanol–water partition coefficient (Wildman–Crippen LogP) is 6.55. The lowest BCUT2D eigenvalue weighted by Gasteiger charge is -2.55. The number of aromatic nitrogens is 1. The van der Waals surface area contributed by atoms with Crippen LogP contribution in [0.1, 0.15) is 76.2 Å². The normalized spacial score (nSPS) is 42.9. The Morgan fingerprint density at radius 2 is 2.00 bits per heavy atom. The number of hydrogen-bond acceptors (Lipinski definition) is 3. The van der Waals surface area contributed by atoms with Gasteiger partial charge in [0.05, 0.1) is 11.2 Å². The highest BCUT2D eigenvalue weighted by molar-refractivity contribution is 5.82. The standard InChI is InChI=1S/C31H36N2O/c1-29-11-9-25-18-24-5-6-26(33-15-2-16-33)19-30(24)12-13-31(25,34-30)28(29)8-7-27(29)22-4-3-21-10-14-32-20-23(21)17-22/h3-4,9-10,14,17-18,20,26-28H,2,5-8,11-13,15-16,19H2,1H3/t26?,27?,28-,29-,30-,31-/m1/s1. The van der Waals surface area contributed by atoms with Crippen LogP contribution in [0.5, 0.6) is 0 Å². The van der Waals surface area contributed by atoms with Crippen molar-refractivity contribution in [2.24, 2.45) is 11.3 Å². The van der Waals surface area contributed by atoms with Crippen LogP contribution in [-0.4, -0.2) is 40.2 Å². The number of ether oxygens (including phenoxy) is 1. The van der Waals surface area contributed by atoms with Crippen molar-refractivity contribution in [3.05, 3.63) is 65.5 Å². The lowest BCUT2D eigenvalue weighted by molar-refractivity contribution is -0.142. The van der Waals surface area contributed by atoms with Gasteiger partial charge in [-0.15, -0.1) is 0 Å². The summed E-state index contributed by atoms with van der Waals surface area (Å²) in [7, 11) is 0. The molecule has 4 fully saturated rings. The van der Waals surface area contributed by atoms with Gasteiger partial charge in [-0.25, -0.2) is 0 Å². The van der Waals surface area contributed by atoms with Crippen LogP contribution < -0.4 is 0 Å². The van der Waals surface area contributed by atoms with Gasteiger partial charge in [-0.3, -0.25) is 4.98 Å². The van der Waals surface area contributed by atoms with E-state index >= 15 is 0 Å². The highest BCUT2D eigenvalue weighted by Crippen LogP contribution is 2.69. The average Bonchev–Trinajstić information content (AvgIpc) is 3.33. The molecule has 0 radical (unpaired) electrons. The average molecular weight is 453 g/mol. The SMILES string of the molecule is C[C@]12CC=C3C=C4CCC(N5CCC5)C[C@]45CC[C@]3(O5)[C@@H]1CCC2c1ccc2ccncc2c1. The molecule has 0 N–H and O–H groups in total. The molecule has 3 aliphatic heterocycles. The molecule has 3 nitrogen and oxygen atoms in total. The second kappa shape index (κ2) is 6.83. The van der Waals surface area contributed by atoms with Gasteiger partial charge in [-0.1, -0.05) is 31.2 Å². The number of hydrogen-bond donors (Lipinski definition) is 0. The number of allylic oxidation sites excluding steroid dienone is 1. The van der Waals surface area contributed by atoms with Gasteiger partial charge in [0, 0.05) is 23.8 Å². The zero-order valence-corrected chi connectivity index (χ0v) is 20.4. The minimum atomic E-state index is -0.0412. The largest absolute Gasteiger partial charge is 0.359 e. The Labute approximate surface area is 203 Å². The molecule has 2 bridgehead atoms. The molecule has 3 heteroatoms. The number of likely N-dealkylation sites (tertiary alicyclic amines) is 1. The van der Waals surface area contributed by atoms with Gasteiger partial charge in [0.15, 0.2) is 0 Å². The molecule has 2 aromatic rings. The van der Waals surface area contributed by atoms with E-state index < -0.39 is 0 Å². The molecule has 6 aliphatic rings. The van der Waals surface area contributed by atoms with Crippen molar-refractivity contribution >= 4 is 10.8 Å². The maximum absolute atomic E-state index is 7.49. The van der Waals surface area contributed by atoms with Crippen LogP contribution in [0.15, 0.2) is 60.0 Å². The van der Waals surface area contributed by atoms with Crippen LogP contribution in [-0.2, 0) is 4.74 Å². The first kappa shape index (κ1) is 20.2. The van der Waals surface area contributed by atoms with Crippen molar-refractivity contribution < 1.29 is 4.74 Å².